The highest BCUT2D eigenvalue weighted by Gasteiger charge is 2.33. The van der Waals surface area contributed by atoms with E-state index in [1.807, 2.05) is 0 Å². The van der Waals surface area contributed by atoms with Crippen molar-refractivity contribution in [2.24, 2.45) is 0 Å². The van der Waals surface area contributed by atoms with Crippen LogP contribution in [0.3, 0.4) is 0 Å². The van der Waals surface area contributed by atoms with Gasteiger partial charge in [-0.2, -0.15) is 3.89 Å². The molecule has 0 spiro atoms. The molecule has 0 fully saturated rings. The van der Waals surface area contributed by atoms with Gasteiger partial charge in [0.15, 0.2) is 0 Å². The number of benzene rings is 2. The first-order chi connectivity index (χ1) is 10.6. The van der Waals surface area contributed by atoms with Crippen LogP contribution in [0.5, 0.6) is 0 Å². The number of amides is 1. The quantitative estimate of drug-likeness (QED) is 0.652. The van der Waals surface area contributed by atoms with Crippen molar-refractivity contribution < 1.29 is 17.8 Å². The number of quaternary nitrogens is 1. The van der Waals surface area contributed by atoms with E-state index in [4.69, 9.17) is 11.6 Å². The number of nitrogens with zero attached hydrogens (tertiary/aromatic N) is 1. The first-order valence-corrected chi connectivity index (χ1v) is 8.38. The Morgan fingerprint density at radius 3 is 2.17 bits per heavy atom. The number of hydrogen-bond acceptors (Lipinski definition) is 3. The Balaban J connectivity index is 2.23. The van der Waals surface area contributed by atoms with Crippen LogP contribution in [0.1, 0.15) is 10.4 Å². The summed E-state index contributed by atoms with van der Waals surface area (Å²) in [6, 6.07) is 12.7. The van der Waals surface area contributed by atoms with Gasteiger partial charge in [-0.05, 0) is 24.3 Å². The fourth-order valence-corrected chi connectivity index (χ4v) is 2.43. The van der Waals surface area contributed by atoms with Crippen LogP contribution in [0, 0.1) is 0 Å². The van der Waals surface area contributed by atoms with Crippen molar-refractivity contribution in [1.82, 2.24) is 3.89 Å². The zero-order chi connectivity index (χ0) is 17.3. The Hall–Kier alpha value is -1.93. The minimum atomic E-state index is -4.32. The average molecular weight is 356 g/mol. The molecule has 6 nitrogen and oxygen atoms in total. The predicted octanol–water partition coefficient (Wildman–Crippen LogP) is 2.96. The van der Waals surface area contributed by atoms with E-state index in [-0.39, 0.29) is 5.91 Å². The Morgan fingerprint density at radius 1 is 1.09 bits per heavy atom. The summed E-state index contributed by atoms with van der Waals surface area (Å²) >= 11 is 5.98. The van der Waals surface area contributed by atoms with E-state index in [1.165, 1.54) is 38.4 Å². The maximum absolute atomic E-state index is 12.2. The van der Waals surface area contributed by atoms with Gasteiger partial charge < -0.3 is 5.32 Å². The van der Waals surface area contributed by atoms with Gasteiger partial charge in [-0.1, -0.05) is 23.7 Å². The summed E-state index contributed by atoms with van der Waals surface area (Å²) in [6.07, 6.45) is 0. The lowest BCUT2D eigenvalue weighted by molar-refractivity contribution is 0.102. The first kappa shape index (κ1) is 17.4. The number of carbonyl (C=O) groups is 1. The summed E-state index contributed by atoms with van der Waals surface area (Å²) in [5.74, 6) is -0.373. The molecule has 0 radical (unpaired) electrons. The average Bonchev–Trinajstić information content (AvgIpc) is 2.48. The van der Waals surface area contributed by atoms with E-state index in [1.54, 1.807) is 24.3 Å². The lowest BCUT2D eigenvalue weighted by Gasteiger charge is -2.23. The molecule has 1 amide bonds. The molecular formula is C15H16ClN2O4S+. The van der Waals surface area contributed by atoms with Gasteiger partial charge in [0, 0.05) is 17.7 Å². The van der Waals surface area contributed by atoms with Gasteiger partial charge in [0.25, 0.3) is 5.91 Å². The van der Waals surface area contributed by atoms with E-state index in [2.05, 4.69) is 5.32 Å². The topological polar surface area (TPSA) is 83.5 Å². The minimum absolute atomic E-state index is 0.321. The first-order valence-electron chi connectivity index (χ1n) is 6.61. The van der Waals surface area contributed by atoms with Crippen LogP contribution in [-0.4, -0.2) is 33.0 Å². The van der Waals surface area contributed by atoms with Crippen LogP contribution >= 0.6 is 11.6 Å². The van der Waals surface area contributed by atoms with Crippen molar-refractivity contribution >= 4 is 39.2 Å². The predicted molar refractivity (Wildman–Crippen MR) is 91.0 cm³/mol. The Labute approximate surface area is 139 Å². The van der Waals surface area contributed by atoms with Crippen LogP contribution in [0.15, 0.2) is 48.5 Å². The van der Waals surface area contributed by atoms with Crippen LogP contribution < -0.4 is 9.21 Å². The molecule has 0 unspecified atom stereocenters. The minimum Gasteiger partial charge on any atom is -0.321 e. The second kappa shape index (κ2) is 6.29. The molecule has 0 saturated heterocycles. The zero-order valence-electron chi connectivity index (χ0n) is 12.5. The third-order valence-electron chi connectivity index (χ3n) is 3.45. The molecule has 0 atom stereocenters. The van der Waals surface area contributed by atoms with Crippen LogP contribution in [0.4, 0.5) is 11.4 Å². The Morgan fingerprint density at radius 2 is 1.65 bits per heavy atom. The molecule has 0 aromatic heterocycles. The molecule has 0 aliphatic heterocycles. The van der Waals surface area contributed by atoms with Crippen molar-refractivity contribution in [1.29, 1.82) is 0 Å². The summed E-state index contributed by atoms with van der Waals surface area (Å²) in [7, 11) is -1.67. The van der Waals surface area contributed by atoms with Crippen LogP contribution in [0.2, 0.25) is 5.02 Å². The molecule has 2 rings (SSSR count). The van der Waals surface area contributed by atoms with Crippen molar-refractivity contribution in [3.8, 4) is 0 Å². The number of nitrogens with one attached hydrogen (secondary N) is 1. The molecule has 2 N–H and O–H groups in total. The number of para-hydroxylation sites is 1. The van der Waals surface area contributed by atoms with Crippen LogP contribution in [-0.2, 0) is 10.3 Å². The number of anilines is 1. The monoisotopic (exact) mass is 355 g/mol. The maximum atomic E-state index is 12.2. The molecular weight excluding hydrogens is 340 g/mol. The highest BCUT2D eigenvalue weighted by atomic mass is 35.5. The summed E-state index contributed by atoms with van der Waals surface area (Å²) in [5, 5.41) is 3.09. The Kier molecular flexibility index (Phi) is 4.76. The largest absolute Gasteiger partial charge is 0.437 e. The van der Waals surface area contributed by atoms with Gasteiger partial charge in [-0.25, -0.2) is 4.55 Å². The zero-order valence-corrected chi connectivity index (χ0v) is 14.1. The third-order valence-corrected chi connectivity index (χ3v) is 5.14. The lowest BCUT2D eigenvalue weighted by atomic mass is 10.2. The van der Waals surface area contributed by atoms with Gasteiger partial charge in [-0.15, -0.1) is 8.42 Å². The molecule has 122 valence electrons. The van der Waals surface area contributed by atoms with Gasteiger partial charge in [0.2, 0.25) is 0 Å². The molecule has 0 bridgehead atoms. The number of rotatable bonds is 4. The van der Waals surface area contributed by atoms with E-state index in [0.29, 0.717) is 22.0 Å². The highest BCUT2D eigenvalue weighted by Crippen LogP contribution is 2.24. The van der Waals surface area contributed by atoms with E-state index < -0.39 is 14.2 Å². The van der Waals surface area contributed by atoms with E-state index in [9.17, 15) is 17.8 Å². The molecule has 0 aliphatic rings. The number of halogens is 1. The van der Waals surface area contributed by atoms with Gasteiger partial charge in [-0.3, -0.25) is 4.79 Å². The Bertz CT molecular complexity index is 833. The molecule has 23 heavy (non-hydrogen) atoms. The number of hydrogen-bond donors (Lipinski definition) is 2. The van der Waals surface area contributed by atoms with Crippen molar-refractivity contribution in [2.75, 3.05) is 19.4 Å². The fourth-order valence-electron chi connectivity index (χ4n) is 1.86. The summed E-state index contributed by atoms with van der Waals surface area (Å²) in [5.41, 5.74) is 1.14. The fraction of sp³-hybridized carbons (Fsp3) is 0.133. The normalized spacial score (nSPS) is 12.0. The van der Waals surface area contributed by atoms with Crippen LogP contribution in [0.25, 0.3) is 0 Å². The molecule has 2 aromatic rings. The smallest absolute Gasteiger partial charge is 0.321 e. The second-order valence-corrected chi connectivity index (χ2v) is 7.50. The van der Waals surface area contributed by atoms with Gasteiger partial charge in [0.1, 0.15) is 5.69 Å². The van der Waals surface area contributed by atoms with Gasteiger partial charge in [0.05, 0.1) is 24.8 Å². The SMILES string of the molecule is C[N+](C)(c1ccc(C(=O)Nc2ccccc2Cl)cc1)S(=O)(=O)O. The summed E-state index contributed by atoms with van der Waals surface area (Å²) in [6.45, 7) is 0. The summed E-state index contributed by atoms with van der Waals surface area (Å²) in [4.78, 5) is 12.2. The lowest BCUT2D eigenvalue weighted by Crippen LogP contribution is -2.45. The molecule has 8 heteroatoms. The van der Waals surface area contributed by atoms with E-state index in [0.717, 1.165) is 0 Å². The highest BCUT2D eigenvalue weighted by molar-refractivity contribution is 7.85. The molecule has 0 heterocycles. The van der Waals surface area contributed by atoms with Crippen molar-refractivity contribution in [3.63, 3.8) is 0 Å². The third kappa shape index (κ3) is 3.70. The number of carbonyl (C=O) groups excluding carboxylic acids is 1. The van der Waals surface area contributed by atoms with Crippen molar-refractivity contribution in [3.05, 3.63) is 59.1 Å². The molecule has 2 aromatic carbocycles. The molecule has 0 aliphatic carbocycles. The summed E-state index contributed by atoms with van der Waals surface area (Å²) < 4.78 is 31.3. The van der Waals surface area contributed by atoms with Crippen molar-refractivity contribution in [2.45, 2.75) is 0 Å². The molecule has 0 saturated carbocycles. The standard InChI is InChI=1S/C15H15ClN2O4S/c1-18(2,23(20,21)22)12-9-7-11(8-10-12)15(19)17-14-6-4-3-5-13(14)16/h3-10H,1-2H3,(H-,17,19,20,21,22)/p+1. The maximum Gasteiger partial charge on any atom is 0.437 e. The van der Waals surface area contributed by atoms with E-state index >= 15 is 0 Å². The van der Waals surface area contributed by atoms with Gasteiger partial charge >= 0.3 is 10.3 Å². The second-order valence-electron chi connectivity index (χ2n) is 5.28.